The Morgan fingerprint density at radius 3 is 2.03 bits per heavy atom. The maximum absolute atomic E-state index is 13.0. The van der Waals surface area contributed by atoms with Crippen LogP contribution in [-0.4, -0.2) is 50.6 Å². The van der Waals surface area contributed by atoms with E-state index in [1.54, 1.807) is 12.0 Å². The molecule has 2 aromatic rings. The van der Waals surface area contributed by atoms with Crippen molar-refractivity contribution in [3.8, 4) is 5.75 Å². The highest BCUT2D eigenvalue weighted by Crippen LogP contribution is 2.37. The standard InChI is InChI=1S/C21H21F6N3O2/c1-32-18-5-3-2-4-17(18)30-8-6-29(7-9-30)13-19(31)28-16-11-14(20(22,23)24)10-15(12-16)21(25,26)27/h2-5,10-12H,6-9,13H2,1H3,(H,28,31). The van der Waals surface area contributed by atoms with Crippen LogP contribution in [0.15, 0.2) is 42.5 Å². The number of carbonyl (C=O) groups is 1. The van der Waals surface area contributed by atoms with Crippen molar-refractivity contribution in [3.05, 3.63) is 53.6 Å². The minimum absolute atomic E-state index is 0.0206. The van der Waals surface area contributed by atoms with Gasteiger partial charge in [0.1, 0.15) is 5.75 Å². The first-order valence-corrected chi connectivity index (χ1v) is 9.67. The number of piperazine rings is 1. The number of hydrogen-bond donors (Lipinski definition) is 1. The minimum atomic E-state index is -4.98. The number of benzene rings is 2. The highest BCUT2D eigenvalue weighted by atomic mass is 19.4. The van der Waals surface area contributed by atoms with Gasteiger partial charge in [0.05, 0.1) is 30.5 Å². The summed E-state index contributed by atoms with van der Waals surface area (Å²) in [6.45, 7) is 1.98. The second-order valence-electron chi connectivity index (χ2n) is 7.28. The molecular formula is C21H21F6N3O2. The lowest BCUT2D eigenvalue weighted by Gasteiger charge is -2.36. The fraction of sp³-hybridized carbons (Fsp3) is 0.381. The molecule has 0 atom stereocenters. The smallest absolute Gasteiger partial charge is 0.416 e. The number of ether oxygens (including phenoxy) is 1. The van der Waals surface area contributed by atoms with Crippen LogP contribution in [0.1, 0.15) is 11.1 Å². The average Bonchev–Trinajstić information content (AvgIpc) is 2.72. The molecule has 11 heteroatoms. The fourth-order valence-corrected chi connectivity index (χ4v) is 3.47. The molecule has 32 heavy (non-hydrogen) atoms. The van der Waals surface area contributed by atoms with Gasteiger partial charge in [0.2, 0.25) is 5.91 Å². The second-order valence-corrected chi connectivity index (χ2v) is 7.28. The van der Waals surface area contributed by atoms with Crippen LogP contribution in [0.2, 0.25) is 0 Å². The lowest BCUT2D eigenvalue weighted by atomic mass is 10.1. The lowest BCUT2D eigenvalue weighted by Crippen LogP contribution is -2.48. The van der Waals surface area contributed by atoms with Crippen molar-refractivity contribution >= 4 is 17.3 Å². The number of halogens is 6. The molecule has 174 valence electrons. The zero-order chi connectivity index (χ0) is 23.5. The number of para-hydroxylation sites is 2. The molecule has 1 fully saturated rings. The van der Waals surface area contributed by atoms with Crippen LogP contribution in [0.3, 0.4) is 0 Å². The van der Waals surface area contributed by atoms with Gasteiger partial charge in [-0.05, 0) is 30.3 Å². The van der Waals surface area contributed by atoms with Crippen molar-refractivity contribution in [1.29, 1.82) is 0 Å². The summed E-state index contributed by atoms with van der Waals surface area (Å²) < 4.78 is 83.2. The number of amides is 1. The Morgan fingerprint density at radius 2 is 1.50 bits per heavy atom. The monoisotopic (exact) mass is 461 g/mol. The molecule has 3 rings (SSSR count). The molecule has 0 unspecified atom stereocenters. The van der Waals surface area contributed by atoms with Crippen molar-refractivity contribution < 1.29 is 35.9 Å². The first kappa shape index (κ1) is 23.7. The molecule has 2 aromatic carbocycles. The van der Waals surface area contributed by atoms with E-state index in [0.29, 0.717) is 44.1 Å². The van der Waals surface area contributed by atoms with E-state index in [1.807, 2.05) is 24.3 Å². The van der Waals surface area contributed by atoms with Crippen molar-refractivity contribution in [3.63, 3.8) is 0 Å². The van der Waals surface area contributed by atoms with Crippen LogP contribution >= 0.6 is 0 Å². The summed E-state index contributed by atoms with van der Waals surface area (Å²) in [6.07, 6.45) is -9.95. The van der Waals surface area contributed by atoms with Gasteiger partial charge in [0.15, 0.2) is 0 Å². The van der Waals surface area contributed by atoms with Crippen molar-refractivity contribution in [2.75, 3.05) is 50.1 Å². The highest BCUT2D eigenvalue weighted by Gasteiger charge is 2.37. The van der Waals surface area contributed by atoms with E-state index < -0.39 is 35.1 Å². The average molecular weight is 461 g/mol. The number of alkyl halides is 6. The lowest BCUT2D eigenvalue weighted by molar-refractivity contribution is -0.143. The van der Waals surface area contributed by atoms with Gasteiger partial charge in [0.25, 0.3) is 0 Å². The Morgan fingerprint density at radius 1 is 0.938 bits per heavy atom. The van der Waals surface area contributed by atoms with Crippen LogP contribution in [0.25, 0.3) is 0 Å². The third kappa shape index (κ3) is 5.84. The predicted molar refractivity (Wildman–Crippen MR) is 107 cm³/mol. The molecule has 1 aliphatic heterocycles. The Bertz CT molecular complexity index is 921. The number of nitrogens with one attached hydrogen (secondary N) is 1. The van der Waals surface area contributed by atoms with Gasteiger partial charge >= 0.3 is 12.4 Å². The Labute approximate surface area is 180 Å². The quantitative estimate of drug-likeness (QED) is 0.667. The van der Waals surface area contributed by atoms with Gasteiger partial charge < -0.3 is 15.0 Å². The topological polar surface area (TPSA) is 44.8 Å². The molecule has 1 heterocycles. The van der Waals surface area contributed by atoms with Crippen molar-refractivity contribution in [1.82, 2.24) is 4.90 Å². The first-order valence-electron chi connectivity index (χ1n) is 9.67. The molecule has 1 N–H and O–H groups in total. The largest absolute Gasteiger partial charge is 0.495 e. The normalized spacial score (nSPS) is 15.5. The summed E-state index contributed by atoms with van der Waals surface area (Å²) in [6, 6.07) is 8.47. The Balaban J connectivity index is 1.63. The summed E-state index contributed by atoms with van der Waals surface area (Å²) in [5.74, 6) is 0.0203. The van der Waals surface area contributed by atoms with Crippen LogP contribution in [0.4, 0.5) is 37.7 Å². The van der Waals surface area contributed by atoms with E-state index in [0.717, 1.165) is 5.69 Å². The number of anilines is 2. The zero-order valence-corrected chi connectivity index (χ0v) is 17.1. The Kier molecular flexibility index (Phi) is 6.87. The van der Waals surface area contributed by atoms with Gasteiger partial charge in [0, 0.05) is 31.9 Å². The molecule has 5 nitrogen and oxygen atoms in total. The summed E-state index contributed by atoms with van der Waals surface area (Å²) in [7, 11) is 1.57. The maximum atomic E-state index is 13.0. The maximum Gasteiger partial charge on any atom is 0.416 e. The molecule has 0 spiro atoms. The molecule has 0 saturated carbocycles. The summed E-state index contributed by atoms with van der Waals surface area (Å²) in [4.78, 5) is 16.2. The third-order valence-corrected chi connectivity index (χ3v) is 5.04. The summed E-state index contributed by atoms with van der Waals surface area (Å²) in [5.41, 5.74) is -2.60. The van der Waals surface area contributed by atoms with Gasteiger partial charge in [-0.3, -0.25) is 9.69 Å². The van der Waals surface area contributed by atoms with E-state index in [2.05, 4.69) is 10.2 Å². The number of carbonyl (C=O) groups excluding carboxylic acids is 1. The number of nitrogens with zero attached hydrogens (tertiary/aromatic N) is 2. The molecule has 1 saturated heterocycles. The first-order chi connectivity index (χ1) is 15.0. The van der Waals surface area contributed by atoms with E-state index >= 15 is 0 Å². The van der Waals surface area contributed by atoms with Crippen molar-refractivity contribution in [2.45, 2.75) is 12.4 Å². The highest BCUT2D eigenvalue weighted by molar-refractivity contribution is 5.92. The van der Waals surface area contributed by atoms with Gasteiger partial charge in [-0.2, -0.15) is 26.3 Å². The van der Waals surface area contributed by atoms with E-state index in [-0.39, 0.29) is 12.6 Å². The van der Waals surface area contributed by atoms with Crippen LogP contribution < -0.4 is 15.0 Å². The predicted octanol–water partition coefficient (Wildman–Crippen LogP) is 4.49. The molecule has 0 bridgehead atoms. The van der Waals surface area contributed by atoms with Crippen LogP contribution in [0.5, 0.6) is 5.75 Å². The zero-order valence-electron chi connectivity index (χ0n) is 17.1. The molecule has 1 amide bonds. The summed E-state index contributed by atoms with van der Waals surface area (Å²) >= 11 is 0. The minimum Gasteiger partial charge on any atom is -0.495 e. The van der Waals surface area contributed by atoms with E-state index in [9.17, 15) is 31.1 Å². The fourth-order valence-electron chi connectivity index (χ4n) is 3.47. The van der Waals surface area contributed by atoms with Crippen molar-refractivity contribution in [2.24, 2.45) is 0 Å². The van der Waals surface area contributed by atoms with Crippen LogP contribution in [0, 0.1) is 0 Å². The van der Waals surface area contributed by atoms with E-state index in [1.165, 1.54) is 0 Å². The molecule has 0 aromatic heterocycles. The second kappa shape index (κ2) is 9.27. The third-order valence-electron chi connectivity index (χ3n) is 5.04. The molecular weight excluding hydrogens is 440 g/mol. The number of hydrogen-bond acceptors (Lipinski definition) is 4. The SMILES string of the molecule is COc1ccccc1N1CCN(CC(=O)Nc2cc(C(F)(F)F)cc(C(F)(F)F)c2)CC1. The van der Waals surface area contributed by atoms with Crippen LogP contribution in [-0.2, 0) is 17.1 Å². The van der Waals surface area contributed by atoms with Gasteiger partial charge in [-0.1, -0.05) is 12.1 Å². The number of methoxy groups -OCH3 is 1. The molecule has 0 radical (unpaired) electrons. The molecule has 0 aliphatic carbocycles. The van der Waals surface area contributed by atoms with Gasteiger partial charge in [-0.15, -0.1) is 0 Å². The summed E-state index contributed by atoms with van der Waals surface area (Å²) in [5, 5.41) is 2.16. The number of rotatable bonds is 5. The molecule has 1 aliphatic rings. The Hall–Kier alpha value is -2.95. The van der Waals surface area contributed by atoms with E-state index in [4.69, 9.17) is 4.74 Å². The van der Waals surface area contributed by atoms with Gasteiger partial charge in [-0.25, -0.2) is 0 Å².